The quantitative estimate of drug-likeness (QED) is 0.679. The first-order chi connectivity index (χ1) is 6.18. The number of benzene rings is 1. The summed E-state index contributed by atoms with van der Waals surface area (Å²) in [5.41, 5.74) is 0.0692. The molecule has 1 aliphatic carbocycles. The van der Waals surface area contributed by atoms with Crippen molar-refractivity contribution in [3.63, 3.8) is 0 Å². The van der Waals surface area contributed by atoms with Gasteiger partial charge in [-0.3, -0.25) is 0 Å². The van der Waals surface area contributed by atoms with Crippen LogP contribution in [0.4, 0.5) is 4.39 Å². The van der Waals surface area contributed by atoms with E-state index < -0.39 is 5.67 Å². The molecular weight excluding hydrogens is 187 g/mol. The van der Waals surface area contributed by atoms with Gasteiger partial charge in [0.1, 0.15) is 5.67 Å². The minimum Gasteiger partial charge on any atom is -0.244 e. The molecule has 0 bridgehead atoms. The first-order valence-corrected chi connectivity index (χ1v) is 4.99. The minimum absolute atomic E-state index is 0.521. The fraction of sp³-hybridized carbons (Fsp3) is 0.455. The molecule has 2 rings (SSSR count). The van der Waals surface area contributed by atoms with E-state index in [-0.39, 0.29) is 0 Å². The van der Waals surface area contributed by atoms with Crippen LogP contribution in [-0.2, 0) is 6.42 Å². The molecule has 0 amide bonds. The Morgan fingerprint density at radius 2 is 2.15 bits per heavy atom. The lowest BCUT2D eigenvalue weighted by atomic mass is 9.78. The van der Waals surface area contributed by atoms with Gasteiger partial charge in [-0.2, -0.15) is 0 Å². The fourth-order valence-electron chi connectivity index (χ4n) is 1.75. The largest absolute Gasteiger partial charge is 0.244 e. The van der Waals surface area contributed by atoms with Crippen LogP contribution in [0.25, 0.3) is 0 Å². The lowest BCUT2D eigenvalue weighted by molar-refractivity contribution is 0.0641. The zero-order valence-electron chi connectivity index (χ0n) is 7.39. The van der Waals surface area contributed by atoms with Gasteiger partial charge in [-0.25, -0.2) is 4.39 Å². The average molecular weight is 199 g/mol. The Labute approximate surface area is 82.7 Å². The molecule has 13 heavy (non-hydrogen) atoms. The third-order valence-electron chi connectivity index (χ3n) is 2.66. The fourth-order valence-corrected chi connectivity index (χ4v) is 1.96. The molecule has 0 N–H and O–H groups in total. The van der Waals surface area contributed by atoms with Crippen LogP contribution in [0.2, 0.25) is 5.02 Å². The third-order valence-corrected chi connectivity index (χ3v) is 2.89. The molecule has 70 valence electrons. The molecule has 0 saturated heterocycles. The molecule has 0 atom stereocenters. The molecule has 1 fully saturated rings. The smallest absolute Gasteiger partial charge is 0.115 e. The van der Waals surface area contributed by atoms with Gasteiger partial charge >= 0.3 is 0 Å². The summed E-state index contributed by atoms with van der Waals surface area (Å²) in [6, 6.07) is 7.48. The van der Waals surface area contributed by atoms with E-state index in [0.717, 1.165) is 12.0 Å². The van der Waals surface area contributed by atoms with E-state index in [1.165, 1.54) is 0 Å². The Morgan fingerprint density at radius 3 is 2.69 bits per heavy atom. The molecular formula is C11H12ClF. The average Bonchev–Trinajstić information content (AvgIpc) is 2.01. The second kappa shape index (κ2) is 3.30. The Kier molecular flexibility index (Phi) is 2.29. The number of halogens is 2. The highest BCUT2D eigenvalue weighted by Crippen LogP contribution is 2.38. The van der Waals surface area contributed by atoms with Crippen LogP contribution in [0, 0.1) is 0 Å². The highest BCUT2D eigenvalue weighted by Gasteiger charge is 2.36. The van der Waals surface area contributed by atoms with Crippen LogP contribution in [0.15, 0.2) is 24.3 Å². The molecule has 0 aliphatic heterocycles. The van der Waals surface area contributed by atoms with Gasteiger partial charge in [0.2, 0.25) is 0 Å². The molecule has 2 heteroatoms. The summed E-state index contributed by atoms with van der Waals surface area (Å²) in [4.78, 5) is 0. The Balaban J connectivity index is 2.09. The van der Waals surface area contributed by atoms with Crippen molar-refractivity contribution < 1.29 is 4.39 Å². The molecule has 1 aromatic rings. The highest BCUT2D eigenvalue weighted by atomic mass is 35.5. The first-order valence-electron chi connectivity index (χ1n) is 4.61. The summed E-state index contributed by atoms with van der Waals surface area (Å²) in [6.45, 7) is 0. The highest BCUT2D eigenvalue weighted by molar-refractivity contribution is 6.30. The first kappa shape index (κ1) is 9.01. The van der Waals surface area contributed by atoms with Crippen LogP contribution in [-0.4, -0.2) is 5.67 Å². The Morgan fingerprint density at radius 1 is 1.38 bits per heavy atom. The summed E-state index contributed by atoms with van der Waals surface area (Å²) in [6.07, 6.45) is 2.96. The zero-order valence-corrected chi connectivity index (χ0v) is 8.15. The minimum atomic E-state index is -0.940. The number of hydrogen-bond acceptors (Lipinski definition) is 0. The molecule has 0 unspecified atom stereocenters. The van der Waals surface area contributed by atoms with Gasteiger partial charge in [-0.15, -0.1) is 0 Å². The number of hydrogen-bond donors (Lipinski definition) is 0. The van der Waals surface area contributed by atoms with E-state index in [0.29, 0.717) is 24.3 Å². The van der Waals surface area contributed by atoms with Crippen LogP contribution < -0.4 is 0 Å². The van der Waals surface area contributed by atoms with Crippen molar-refractivity contribution in [2.24, 2.45) is 0 Å². The lowest BCUT2D eigenvalue weighted by Gasteiger charge is -2.33. The van der Waals surface area contributed by atoms with Crippen LogP contribution in [0.5, 0.6) is 0 Å². The van der Waals surface area contributed by atoms with E-state index in [1.807, 2.05) is 24.3 Å². The van der Waals surface area contributed by atoms with Gasteiger partial charge in [0, 0.05) is 11.4 Å². The predicted molar refractivity (Wildman–Crippen MR) is 52.8 cm³/mol. The summed E-state index contributed by atoms with van der Waals surface area (Å²) in [5, 5.41) is 0.695. The molecule has 0 radical (unpaired) electrons. The maximum Gasteiger partial charge on any atom is 0.115 e. The van der Waals surface area contributed by atoms with Gasteiger partial charge < -0.3 is 0 Å². The summed E-state index contributed by atoms with van der Waals surface area (Å²) < 4.78 is 13.7. The summed E-state index contributed by atoms with van der Waals surface area (Å²) in [7, 11) is 0. The maximum absolute atomic E-state index is 13.7. The SMILES string of the molecule is FC1(Cc2cccc(Cl)c2)CCC1. The number of rotatable bonds is 2. The van der Waals surface area contributed by atoms with Gasteiger partial charge in [-0.1, -0.05) is 23.7 Å². The van der Waals surface area contributed by atoms with Crippen molar-refractivity contribution >= 4 is 11.6 Å². The van der Waals surface area contributed by atoms with Crippen molar-refractivity contribution in [3.05, 3.63) is 34.9 Å². The molecule has 1 aliphatic rings. The lowest BCUT2D eigenvalue weighted by Crippen LogP contribution is -2.33. The molecule has 0 spiro atoms. The van der Waals surface area contributed by atoms with Gasteiger partial charge in [0.15, 0.2) is 0 Å². The molecule has 0 aromatic heterocycles. The van der Waals surface area contributed by atoms with Crippen LogP contribution >= 0.6 is 11.6 Å². The van der Waals surface area contributed by atoms with Crippen molar-refractivity contribution in [1.29, 1.82) is 0 Å². The molecule has 0 heterocycles. The van der Waals surface area contributed by atoms with Crippen molar-refractivity contribution in [3.8, 4) is 0 Å². The Hall–Kier alpha value is -0.560. The van der Waals surface area contributed by atoms with Crippen LogP contribution in [0.1, 0.15) is 24.8 Å². The molecule has 1 saturated carbocycles. The van der Waals surface area contributed by atoms with Crippen molar-refractivity contribution in [2.45, 2.75) is 31.4 Å². The summed E-state index contributed by atoms with van der Waals surface area (Å²) >= 11 is 5.81. The van der Waals surface area contributed by atoms with E-state index in [4.69, 9.17) is 11.6 Å². The van der Waals surface area contributed by atoms with Crippen LogP contribution in [0.3, 0.4) is 0 Å². The monoisotopic (exact) mass is 198 g/mol. The maximum atomic E-state index is 13.7. The standard InChI is InChI=1S/C11H12ClF/c12-10-4-1-3-9(7-10)8-11(13)5-2-6-11/h1,3-4,7H,2,5-6,8H2. The normalized spacial score (nSPS) is 19.5. The molecule has 0 nitrogen and oxygen atoms in total. The Bertz CT molecular complexity index is 305. The second-order valence-corrected chi connectivity index (χ2v) is 4.25. The topological polar surface area (TPSA) is 0 Å². The third kappa shape index (κ3) is 2.02. The predicted octanol–water partition coefficient (Wildman–Crippen LogP) is 3.77. The van der Waals surface area contributed by atoms with E-state index >= 15 is 0 Å². The van der Waals surface area contributed by atoms with Gasteiger partial charge in [0.25, 0.3) is 0 Å². The van der Waals surface area contributed by atoms with E-state index in [9.17, 15) is 4.39 Å². The van der Waals surface area contributed by atoms with Gasteiger partial charge in [-0.05, 0) is 37.0 Å². The van der Waals surface area contributed by atoms with E-state index in [2.05, 4.69) is 0 Å². The zero-order chi connectivity index (χ0) is 9.31. The second-order valence-electron chi connectivity index (χ2n) is 3.81. The van der Waals surface area contributed by atoms with Crippen molar-refractivity contribution in [1.82, 2.24) is 0 Å². The number of alkyl halides is 1. The molecule has 1 aromatic carbocycles. The van der Waals surface area contributed by atoms with Gasteiger partial charge in [0.05, 0.1) is 0 Å². The van der Waals surface area contributed by atoms with Crippen molar-refractivity contribution in [2.75, 3.05) is 0 Å². The summed E-state index contributed by atoms with van der Waals surface area (Å²) in [5.74, 6) is 0. The van der Waals surface area contributed by atoms with E-state index in [1.54, 1.807) is 0 Å².